The first-order valence-electron chi connectivity index (χ1n) is 12.0. The van der Waals surface area contributed by atoms with E-state index in [4.69, 9.17) is 4.74 Å². The fraction of sp³-hybridized carbons (Fsp3) is 0.214. The number of methoxy groups -OCH3 is 1. The molecule has 38 heavy (non-hydrogen) atoms. The number of ether oxygens (including phenoxy) is 1. The molecular weight excluding hydrogens is 486 g/mol. The van der Waals surface area contributed by atoms with Crippen LogP contribution in [0.4, 0.5) is 5.69 Å². The normalized spacial score (nSPS) is 14.7. The fourth-order valence-corrected chi connectivity index (χ4v) is 4.21. The Kier molecular flexibility index (Phi) is 7.48. The van der Waals surface area contributed by atoms with Crippen LogP contribution in [0.2, 0.25) is 0 Å². The molecule has 192 valence electrons. The van der Waals surface area contributed by atoms with Gasteiger partial charge in [0.25, 0.3) is 11.8 Å². The Balaban J connectivity index is 1.94. The zero-order valence-corrected chi connectivity index (χ0v) is 21.2. The summed E-state index contributed by atoms with van der Waals surface area (Å²) in [6, 6.07) is 15.7. The maximum atomic E-state index is 13.4. The van der Waals surface area contributed by atoms with Crippen LogP contribution in [-0.4, -0.2) is 45.1 Å². The molecule has 0 atom stereocenters. The number of aromatic nitrogens is 2. The molecule has 10 nitrogen and oxygen atoms in total. The van der Waals surface area contributed by atoms with Crippen molar-refractivity contribution < 1.29 is 19.2 Å². The number of nitro benzene ring substituents is 1. The molecular formula is C28H25N5O5. The zero-order valence-electron chi connectivity index (χ0n) is 21.2. The molecule has 10 heteroatoms. The van der Waals surface area contributed by atoms with E-state index >= 15 is 0 Å². The second-order valence-corrected chi connectivity index (χ2v) is 8.64. The molecule has 1 aliphatic heterocycles. The van der Waals surface area contributed by atoms with Crippen LogP contribution in [0.15, 0.2) is 71.4 Å². The summed E-state index contributed by atoms with van der Waals surface area (Å²) in [7, 11) is 1.35. The molecule has 4 rings (SSSR count). The van der Waals surface area contributed by atoms with Gasteiger partial charge in [0.2, 0.25) is 0 Å². The molecule has 0 saturated carbocycles. The summed E-state index contributed by atoms with van der Waals surface area (Å²) in [4.78, 5) is 38.5. The van der Waals surface area contributed by atoms with E-state index in [0.717, 1.165) is 17.0 Å². The van der Waals surface area contributed by atoms with E-state index in [1.165, 1.54) is 19.2 Å². The van der Waals surface area contributed by atoms with Crippen LogP contribution in [-0.2, 0) is 9.59 Å². The Bertz CT molecular complexity index is 1530. The van der Waals surface area contributed by atoms with Gasteiger partial charge in [0.1, 0.15) is 17.3 Å². The Hall–Kier alpha value is -5.04. The van der Waals surface area contributed by atoms with Gasteiger partial charge in [-0.2, -0.15) is 10.4 Å². The minimum atomic E-state index is -0.605. The smallest absolute Gasteiger partial charge is 0.311 e. The van der Waals surface area contributed by atoms with Gasteiger partial charge in [-0.05, 0) is 49.3 Å². The summed E-state index contributed by atoms with van der Waals surface area (Å²) in [6.07, 6.45) is 4.66. The largest absolute Gasteiger partial charge is 0.490 e. The SMILES string of the molecule is CCCCN1C(=O)C(C#N)=C(C)/C(=C\c2cn(-c3ccccc3)nc2-c2ccc(OC)c([N+](=O)[O-])c2)C1=O. The quantitative estimate of drug-likeness (QED) is 0.183. The highest BCUT2D eigenvalue weighted by molar-refractivity contribution is 6.19. The third-order valence-electron chi connectivity index (χ3n) is 6.27. The fourth-order valence-electron chi connectivity index (χ4n) is 4.21. The number of hydrogen-bond acceptors (Lipinski definition) is 7. The summed E-state index contributed by atoms with van der Waals surface area (Å²) < 4.78 is 6.74. The number of hydrogen-bond donors (Lipinski definition) is 0. The number of nitro groups is 1. The second kappa shape index (κ2) is 10.9. The minimum Gasteiger partial charge on any atom is -0.490 e. The topological polar surface area (TPSA) is 131 Å². The number of carbonyl (C=O) groups excluding carboxylic acids is 2. The molecule has 1 aromatic heterocycles. The van der Waals surface area contributed by atoms with Crippen molar-refractivity contribution in [2.45, 2.75) is 26.7 Å². The van der Waals surface area contributed by atoms with Crippen LogP contribution in [0.25, 0.3) is 23.0 Å². The molecule has 2 heterocycles. The molecule has 0 radical (unpaired) electrons. The number of carbonyl (C=O) groups is 2. The average molecular weight is 512 g/mol. The molecule has 0 bridgehead atoms. The van der Waals surface area contributed by atoms with Crippen molar-refractivity contribution in [3.8, 4) is 28.8 Å². The van der Waals surface area contributed by atoms with Gasteiger partial charge in [0, 0.05) is 35.5 Å². The van der Waals surface area contributed by atoms with E-state index in [1.54, 1.807) is 29.9 Å². The number of rotatable bonds is 8. The summed E-state index contributed by atoms with van der Waals surface area (Å²) in [5.41, 5.74) is 2.17. The molecule has 3 aromatic rings. The first-order chi connectivity index (χ1) is 18.3. The maximum Gasteiger partial charge on any atom is 0.311 e. The standard InChI is InChI=1S/C28H25N5O5/c1-4-5-13-31-27(34)22(18(2)23(16-29)28(31)35)14-20-17-32(21-9-7-6-8-10-21)30-26(20)19-11-12-25(38-3)24(15-19)33(36)37/h6-12,14-15,17H,4-5,13H2,1-3H3/b22-14+. The monoisotopic (exact) mass is 511 g/mol. The number of benzene rings is 2. The molecule has 0 saturated heterocycles. The van der Waals surface area contributed by atoms with Crippen LogP contribution < -0.4 is 4.74 Å². The molecule has 0 unspecified atom stereocenters. The lowest BCUT2D eigenvalue weighted by molar-refractivity contribution is -0.385. The Labute approximate surface area is 219 Å². The predicted octanol–water partition coefficient (Wildman–Crippen LogP) is 4.85. The molecule has 0 aliphatic carbocycles. The molecule has 1 aliphatic rings. The molecule has 2 amide bonds. The van der Waals surface area contributed by atoms with Gasteiger partial charge < -0.3 is 4.74 Å². The predicted molar refractivity (Wildman–Crippen MR) is 140 cm³/mol. The van der Waals surface area contributed by atoms with Gasteiger partial charge in [0.05, 0.1) is 17.7 Å². The van der Waals surface area contributed by atoms with E-state index in [-0.39, 0.29) is 34.7 Å². The highest BCUT2D eigenvalue weighted by Crippen LogP contribution is 2.35. The van der Waals surface area contributed by atoms with Gasteiger partial charge in [-0.3, -0.25) is 24.6 Å². The lowest BCUT2D eigenvalue weighted by Crippen LogP contribution is -2.43. The number of imide groups is 1. The number of nitrogens with zero attached hydrogens (tertiary/aromatic N) is 5. The van der Waals surface area contributed by atoms with Crippen molar-refractivity contribution in [3.63, 3.8) is 0 Å². The summed E-state index contributed by atoms with van der Waals surface area (Å²) in [6.45, 7) is 3.71. The molecule has 0 spiro atoms. The Morgan fingerprint density at radius 1 is 1.16 bits per heavy atom. The Morgan fingerprint density at radius 3 is 2.53 bits per heavy atom. The van der Waals surface area contributed by atoms with Gasteiger partial charge in [0.15, 0.2) is 5.75 Å². The highest BCUT2D eigenvalue weighted by Gasteiger charge is 2.35. The van der Waals surface area contributed by atoms with Crippen LogP contribution >= 0.6 is 0 Å². The van der Waals surface area contributed by atoms with Crippen molar-refractivity contribution in [2.24, 2.45) is 0 Å². The summed E-state index contributed by atoms with van der Waals surface area (Å²) in [5.74, 6) is -1.00. The zero-order chi connectivity index (χ0) is 27.4. The van der Waals surface area contributed by atoms with Crippen LogP contribution in [0.5, 0.6) is 5.75 Å². The van der Waals surface area contributed by atoms with Crippen molar-refractivity contribution in [2.75, 3.05) is 13.7 Å². The van der Waals surface area contributed by atoms with E-state index in [2.05, 4.69) is 5.10 Å². The first kappa shape index (κ1) is 26.0. The molecule has 0 fully saturated rings. The third-order valence-corrected chi connectivity index (χ3v) is 6.27. The average Bonchev–Trinajstić information content (AvgIpc) is 3.35. The van der Waals surface area contributed by atoms with Gasteiger partial charge >= 0.3 is 5.69 Å². The summed E-state index contributed by atoms with van der Waals surface area (Å²) >= 11 is 0. The third kappa shape index (κ3) is 4.82. The van der Waals surface area contributed by atoms with Gasteiger partial charge in [-0.15, -0.1) is 0 Å². The van der Waals surface area contributed by atoms with E-state index in [9.17, 15) is 25.0 Å². The number of nitriles is 1. The lowest BCUT2D eigenvalue weighted by Gasteiger charge is -2.27. The number of amides is 2. The van der Waals surface area contributed by atoms with Crippen LogP contribution in [0.3, 0.4) is 0 Å². The van der Waals surface area contributed by atoms with Crippen LogP contribution in [0, 0.1) is 21.4 Å². The van der Waals surface area contributed by atoms with E-state index in [0.29, 0.717) is 23.2 Å². The maximum absolute atomic E-state index is 13.4. The van der Waals surface area contributed by atoms with Crippen molar-refractivity contribution in [1.82, 2.24) is 14.7 Å². The van der Waals surface area contributed by atoms with Gasteiger partial charge in [-0.1, -0.05) is 31.5 Å². The molecule has 2 aromatic carbocycles. The number of para-hydroxylation sites is 1. The summed E-state index contributed by atoms with van der Waals surface area (Å²) in [5, 5.41) is 26.0. The highest BCUT2D eigenvalue weighted by atomic mass is 16.6. The van der Waals surface area contributed by atoms with Crippen molar-refractivity contribution in [1.29, 1.82) is 5.26 Å². The number of unbranched alkanes of at least 4 members (excludes halogenated alkanes) is 1. The van der Waals surface area contributed by atoms with Gasteiger partial charge in [-0.25, -0.2) is 4.68 Å². The van der Waals surface area contributed by atoms with Crippen molar-refractivity contribution >= 4 is 23.6 Å². The lowest BCUT2D eigenvalue weighted by atomic mass is 9.93. The van der Waals surface area contributed by atoms with E-state index < -0.39 is 16.7 Å². The minimum absolute atomic E-state index is 0.0935. The van der Waals surface area contributed by atoms with Crippen molar-refractivity contribution in [3.05, 3.63) is 87.1 Å². The van der Waals surface area contributed by atoms with Crippen LogP contribution in [0.1, 0.15) is 32.3 Å². The first-order valence-corrected chi connectivity index (χ1v) is 12.0. The Morgan fingerprint density at radius 2 is 1.89 bits per heavy atom. The second-order valence-electron chi connectivity index (χ2n) is 8.64. The molecule has 0 N–H and O–H groups in total. The van der Waals surface area contributed by atoms with E-state index in [1.807, 2.05) is 43.3 Å².